The molecule has 1 spiro atoms. The van der Waals surface area contributed by atoms with E-state index in [1.54, 1.807) is 12.1 Å². The maximum absolute atomic E-state index is 9.92. The Morgan fingerprint density at radius 2 is 1.82 bits per heavy atom. The van der Waals surface area contributed by atoms with E-state index in [4.69, 9.17) is 0 Å². The first-order chi connectivity index (χ1) is 13.6. The average molecular weight is 374 g/mol. The first-order valence-corrected chi connectivity index (χ1v) is 10.1. The molecular weight excluding hydrogens is 348 g/mol. The summed E-state index contributed by atoms with van der Waals surface area (Å²) in [5.41, 5.74) is 4.44. The predicted molar refractivity (Wildman–Crippen MR) is 111 cm³/mol. The average Bonchev–Trinajstić information content (AvgIpc) is 3.49. The molecule has 0 bridgehead atoms. The van der Waals surface area contributed by atoms with Crippen LogP contribution in [0.2, 0.25) is 0 Å². The first kappa shape index (κ1) is 17.6. The lowest BCUT2D eigenvalue weighted by Gasteiger charge is -2.55. The number of phenolic OH excluding ortho intramolecular Hbond substituents is 1. The molecule has 28 heavy (non-hydrogen) atoms. The third kappa shape index (κ3) is 3.36. The Bertz CT molecular complexity index is 1000. The third-order valence-electron chi connectivity index (χ3n) is 6.05. The Labute approximate surface area is 165 Å². The summed E-state index contributed by atoms with van der Waals surface area (Å²) in [4.78, 5) is 2.38. The van der Waals surface area contributed by atoms with E-state index in [1.165, 1.54) is 44.6 Å². The minimum absolute atomic E-state index is 0.236. The zero-order chi connectivity index (χ0) is 19.1. The fraction of sp³-hybridized carbons (Fsp3) is 0.391. The standard InChI is InChI=1S/C17H14N2O.C6H12N2/c20-17-4-2-1-3-14(17)16-10-13-9-12(11-5-6-11)7-8-15(13)18-19-16;1-8-4-6(5-8)2-7-3-6/h1-4,7-11,20H,5-6H2;7H,2-5H2,1H3. The van der Waals surface area contributed by atoms with E-state index in [1.807, 2.05) is 24.3 Å². The molecule has 1 aliphatic carbocycles. The number of hydrogen-bond donors (Lipinski definition) is 2. The fourth-order valence-electron chi connectivity index (χ4n) is 4.36. The Balaban J connectivity index is 0.000000177. The number of hydrogen-bond acceptors (Lipinski definition) is 5. The van der Waals surface area contributed by atoms with Crippen molar-refractivity contribution in [1.82, 2.24) is 20.4 Å². The predicted octanol–water partition coefficient (Wildman–Crippen LogP) is 3.40. The van der Waals surface area contributed by atoms with Gasteiger partial charge in [-0.2, -0.15) is 0 Å². The Morgan fingerprint density at radius 3 is 2.43 bits per heavy atom. The zero-order valence-electron chi connectivity index (χ0n) is 16.2. The maximum atomic E-state index is 9.92. The fourth-order valence-corrected chi connectivity index (χ4v) is 4.36. The van der Waals surface area contributed by atoms with Gasteiger partial charge >= 0.3 is 0 Å². The van der Waals surface area contributed by atoms with Crippen molar-refractivity contribution < 1.29 is 5.11 Å². The van der Waals surface area contributed by atoms with Crippen molar-refractivity contribution in [3.05, 3.63) is 54.1 Å². The molecule has 5 nitrogen and oxygen atoms in total. The first-order valence-electron chi connectivity index (χ1n) is 10.1. The Morgan fingerprint density at radius 1 is 1.04 bits per heavy atom. The summed E-state index contributed by atoms with van der Waals surface area (Å²) in [5, 5.41) is 22.8. The highest BCUT2D eigenvalue weighted by molar-refractivity contribution is 5.83. The third-order valence-corrected chi connectivity index (χ3v) is 6.05. The summed E-state index contributed by atoms with van der Waals surface area (Å²) in [5.74, 6) is 0.959. The molecule has 0 unspecified atom stereocenters. The molecular formula is C23H26N4O. The normalized spacial score (nSPS) is 20.2. The molecule has 3 aliphatic rings. The van der Waals surface area contributed by atoms with Crippen LogP contribution in [0.1, 0.15) is 24.3 Å². The van der Waals surface area contributed by atoms with Crippen LogP contribution in [0.4, 0.5) is 0 Å². The van der Waals surface area contributed by atoms with Gasteiger partial charge in [0, 0.05) is 42.5 Å². The van der Waals surface area contributed by atoms with Gasteiger partial charge in [-0.05, 0) is 61.7 Å². The second-order valence-electron chi connectivity index (χ2n) is 8.62. The van der Waals surface area contributed by atoms with Gasteiger partial charge in [0.25, 0.3) is 0 Å². The molecule has 0 atom stereocenters. The molecule has 0 radical (unpaired) electrons. The molecule has 144 valence electrons. The summed E-state index contributed by atoms with van der Waals surface area (Å²) in [7, 11) is 2.18. The summed E-state index contributed by atoms with van der Waals surface area (Å²) < 4.78 is 0. The van der Waals surface area contributed by atoms with E-state index in [0.29, 0.717) is 5.69 Å². The topological polar surface area (TPSA) is 61.3 Å². The molecule has 6 rings (SSSR count). The van der Waals surface area contributed by atoms with Gasteiger partial charge in [0.2, 0.25) is 0 Å². The highest BCUT2D eigenvalue weighted by atomic mass is 16.3. The number of aromatic nitrogens is 2. The second kappa shape index (κ2) is 6.83. The van der Waals surface area contributed by atoms with E-state index in [2.05, 4.69) is 39.6 Å². The van der Waals surface area contributed by atoms with Gasteiger partial charge in [-0.3, -0.25) is 0 Å². The van der Waals surface area contributed by atoms with Gasteiger partial charge in [-0.1, -0.05) is 18.2 Å². The minimum Gasteiger partial charge on any atom is -0.507 e. The molecule has 2 aliphatic heterocycles. The van der Waals surface area contributed by atoms with Gasteiger partial charge in [0.1, 0.15) is 5.75 Å². The van der Waals surface area contributed by atoms with Crippen molar-refractivity contribution in [3.63, 3.8) is 0 Å². The number of aromatic hydroxyl groups is 1. The van der Waals surface area contributed by atoms with Crippen molar-refractivity contribution in [3.8, 4) is 17.0 Å². The number of para-hydroxylation sites is 1. The second-order valence-corrected chi connectivity index (χ2v) is 8.62. The Hall–Kier alpha value is -2.50. The highest BCUT2D eigenvalue weighted by Crippen LogP contribution is 2.41. The smallest absolute Gasteiger partial charge is 0.125 e. The van der Waals surface area contributed by atoms with E-state index in [0.717, 1.165) is 27.8 Å². The van der Waals surface area contributed by atoms with Crippen LogP contribution >= 0.6 is 0 Å². The lowest BCUT2D eigenvalue weighted by atomic mass is 9.75. The van der Waals surface area contributed by atoms with Crippen LogP contribution in [0.3, 0.4) is 0 Å². The maximum Gasteiger partial charge on any atom is 0.125 e. The summed E-state index contributed by atoms with van der Waals surface area (Å²) >= 11 is 0. The van der Waals surface area contributed by atoms with Crippen LogP contribution in [0.5, 0.6) is 5.75 Å². The minimum atomic E-state index is 0.236. The van der Waals surface area contributed by atoms with Crippen LogP contribution in [0.25, 0.3) is 22.2 Å². The lowest BCUT2D eigenvalue weighted by molar-refractivity contribution is -0.0218. The van der Waals surface area contributed by atoms with Crippen LogP contribution in [0, 0.1) is 5.41 Å². The van der Waals surface area contributed by atoms with E-state index >= 15 is 0 Å². The molecule has 2 aromatic carbocycles. The molecule has 1 saturated carbocycles. The number of rotatable bonds is 2. The number of benzene rings is 2. The molecule has 0 amide bonds. The van der Waals surface area contributed by atoms with Crippen molar-refractivity contribution in [2.75, 3.05) is 33.2 Å². The zero-order valence-corrected chi connectivity index (χ0v) is 16.2. The molecule has 1 aromatic heterocycles. The van der Waals surface area contributed by atoms with Gasteiger partial charge in [0.15, 0.2) is 0 Å². The summed E-state index contributed by atoms with van der Waals surface area (Å²) in [6.45, 7) is 5.16. The van der Waals surface area contributed by atoms with Crippen molar-refractivity contribution >= 4 is 10.9 Å². The van der Waals surface area contributed by atoms with Crippen LogP contribution in [-0.4, -0.2) is 53.4 Å². The number of likely N-dealkylation sites (tertiary alicyclic amines) is 1. The largest absolute Gasteiger partial charge is 0.507 e. The van der Waals surface area contributed by atoms with Gasteiger partial charge in [0.05, 0.1) is 11.2 Å². The van der Waals surface area contributed by atoms with Crippen LogP contribution in [-0.2, 0) is 0 Å². The molecule has 5 heteroatoms. The van der Waals surface area contributed by atoms with Crippen LogP contribution in [0.15, 0.2) is 48.5 Å². The summed E-state index contributed by atoms with van der Waals surface area (Å²) in [6, 6.07) is 15.6. The number of phenols is 1. The van der Waals surface area contributed by atoms with Gasteiger partial charge < -0.3 is 15.3 Å². The van der Waals surface area contributed by atoms with Crippen molar-refractivity contribution in [2.45, 2.75) is 18.8 Å². The van der Waals surface area contributed by atoms with Crippen molar-refractivity contribution in [2.24, 2.45) is 5.41 Å². The SMILES string of the molecule is CN1CC2(CNC2)C1.Oc1ccccc1-c1cc2cc(C3CC3)ccc2nn1. The Kier molecular flexibility index (Phi) is 4.29. The number of nitrogens with one attached hydrogen (secondary N) is 1. The molecule has 3 fully saturated rings. The molecule has 3 aromatic rings. The van der Waals surface area contributed by atoms with Gasteiger partial charge in [-0.15, -0.1) is 10.2 Å². The van der Waals surface area contributed by atoms with Gasteiger partial charge in [-0.25, -0.2) is 0 Å². The quantitative estimate of drug-likeness (QED) is 0.720. The van der Waals surface area contributed by atoms with E-state index in [9.17, 15) is 5.11 Å². The molecule has 2 saturated heterocycles. The van der Waals surface area contributed by atoms with E-state index in [-0.39, 0.29) is 5.75 Å². The summed E-state index contributed by atoms with van der Waals surface area (Å²) in [6.07, 6.45) is 2.58. The highest BCUT2D eigenvalue weighted by Gasteiger charge is 2.45. The number of fused-ring (bicyclic) bond motifs is 1. The van der Waals surface area contributed by atoms with E-state index < -0.39 is 0 Å². The monoisotopic (exact) mass is 374 g/mol. The molecule has 3 heterocycles. The lowest BCUT2D eigenvalue weighted by Crippen LogP contribution is -2.69. The van der Waals surface area contributed by atoms with Crippen LogP contribution < -0.4 is 5.32 Å². The molecule has 2 N–H and O–H groups in total. The number of nitrogens with zero attached hydrogens (tertiary/aromatic N) is 3. The van der Waals surface area contributed by atoms with Crippen molar-refractivity contribution in [1.29, 1.82) is 0 Å².